The number of fused-ring (bicyclic) bond motifs is 2. The maximum atomic E-state index is 12.7. The lowest BCUT2D eigenvalue weighted by Crippen LogP contribution is -2.29. The van der Waals surface area contributed by atoms with Gasteiger partial charge in [0.25, 0.3) is 23.6 Å². The van der Waals surface area contributed by atoms with Crippen LogP contribution in [0.25, 0.3) is 0 Å². The van der Waals surface area contributed by atoms with Gasteiger partial charge in [0.15, 0.2) is 0 Å². The first-order chi connectivity index (χ1) is 50.2. The Bertz CT molecular complexity index is 5210. The number of sulfonamides is 1. The Balaban J connectivity index is 0.000000153. The van der Waals surface area contributed by atoms with Gasteiger partial charge in [0.2, 0.25) is 15.9 Å². The summed E-state index contributed by atoms with van der Waals surface area (Å²) in [6.45, 7) is 11.0. The van der Waals surface area contributed by atoms with Crippen LogP contribution in [-0.2, 0) is 14.8 Å². The highest BCUT2D eigenvalue weighted by molar-refractivity contribution is 7.89. The first kappa shape index (κ1) is 75.4. The number of nitrogens with one attached hydrogen (secondary N) is 3. The lowest BCUT2D eigenvalue weighted by molar-refractivity contribution is -0.114. The predicted octanol–water partition coefficient (Wildman–Crippen LogP) is 14.8. The Morgan fingerprint density at radius 1 is 0.352 bits per heavy atom. The zero-order valence-electron chi connectivity index (χ0n) is 57.3. The quantitative estimate of drug-likeness (QED) is 0.0473. The van der Waals surface area contributed by atoms with E-state index in [1.807, 2.05) is 107 Å². The largest absolute Gasteiger partial charge is 0.423 e. The zero-order chi connectivity index (χ0) is 75.3. The van der Waals surface area contributed by atoms with Crippen LogP contribution in [0.4, 0.5) is 21.9 Å². The van der Waals surface area contributed by atoms with Crippen molar-refractivity contribution in [2.75, 3.05) is 15.5 Å². The molecule has 0 saturated heterocycles. The number of amides is 6. The molecule has 0 aliphatic carbocycles. The van der Waals surface area contributed by atoms with E-state index in [1.54, 1.807) is 133 Å². The van der Waals surface area contributed by atoms with Crippen LogP contribution in [-0.4, -0.2) is 67.9 Å². The van der Waals surface area contributed by atoms with Crippen LogP contribution < -0.4 is 49.7 Å². The van der Waals surface area contributed by atoms with Crippen molar-refractivity contribution in [3.63, 3.8) is 0 Å². The minimum absolute atomic E-state index is 0.0513. The third-order valence-corrected chi connectivity index (χ3v) is 15.9. The van der Waals surface area contributed by atoms with E-state index in [0.29, 0.717) is 51.4 Å². The maximum absolute atomic E-state index is 12.7. The Morgan fingerprint density at radius 2 is 0.733 bits per heavy atom. The number of imide groups is 2. The molecule has 0 fully saturated rings. The number of primary sulfonamides is 1. The van der Waals surface area contributed by atoms with Crippen molar-refractivity contribution in [1.82, 2.24) is 5.32 Å². The molecule has 13 rings (SSSR count). The van der Waals surface area contributed by atoms with Crippen molar-refractivity contribution in [3.05, 3.63) is 339 Å². The molecule has 2 aliphatic heterocycles. The van der Waals surface area contributed by atoms with Gasteiger partial charge in [-0.05, 0) is 227 Å². The van der Waals surface area contributed by atoms with Gasteiger partial charge in [0, 0.05) is 18.3 Å². The minimum atomic E-state index is -3.76. The third-order valence-electron chi connectivity index (χ3n) is 15.0. The summed E-state index contributed by atoms with van der Waals surface area (Å²) in [4.78, 5) is 120. The number of anilines is 3. The summed E-state index contributed by atoms with van der Waals surface area (Å²) in [5.74, 6) is -1.76. The molecule has 2 heterocycles. The highest BCUT2D eigenvalue weighted by Crippen LogP contribution is 2.30. The maximum Gasteiger partial charge on any atom is 0.417 e. The molecule has 0 aromatic heterocycles. The average Bonchev–Trinajstić information content (AvgIpc) is 1.61. The Kier molecular flexibility index (Phi) is 25.2. The highest BCUT2D eigenvalue weighted by Gasteiger charge is 2.37. The van der Waals surface area contributed by atoms with Gasteiger partial charge in [-0.3, -0.25) is 34.6 Å². The normalized spacial score (nSPS) is 11.4. The van der Waals surface area contributed by atoms with Crippen LogP contribution in [0, 0.1) is 34.6 Å². The van der Waals surface area contributed by atoms with Gasteiger partial charge in [0.1, 0.15) is 28.7 Å². The van der Waals surface area contributed by atoms with Gasteiger partial charge in [-0.25, -0.2) is 42.4 Å². The molecule has 5 N–H and O–H groups in total. The second kappa shape index (κ2) is 35.0. The summed E-state index contributed by atoms with van der Waals surface area (Å²) in [6, 6.07) is 74.2. The van der Waals surface area contributed by atoms with E-state index in [-0.39, 0.29) is 49.7 Å². The number of nitrogens with zero attached hydrogens (tertiary/aromatic N) is 1. The van der Waals surface area contributed by atoms with Crippen molar-refractivity contribution in [2.45, 2.75) is 46.4 Å². The molecule has 0 radical (unpaired) electrons. The number of hydrogen-bond acceptors (Lipinski definition) is 17. The second-order valence-electron chi connectivity index (χ2n) is 23.4. The lowest BCUT2D eigenvalue weighted by atomic mass is 10.1. The number of carbonyl (C=O) groups excluding carboxylic acids is 10. The minimum Gasteiger partial charge on any atom is -0.423 e. The van der Waals surface area contributed by atoms with E-state index in [9.17, 15) is 56.4 Å². The second-order valence-corrected chi connectivity index (χ2v) is 25.0. The number of ether oxygens (including phenoxy) is 5. The van der Waals surface area contributed by atoms with Crippen molar-refractivity contribution in [3.8, 4) is 28.7 Å². The Hall–Kier alpha value is -13.8. The zero-order valence-corrected chi connectivity index (χ0v) is 58.1. The molecule has 2 aliphatic rings. The van der Waals surface area contributed by atoms with Crippen LogP contribution in [0.1, 0.15) is 118 Å². The Labute approximate surface area is 604 Å². The van der Waals surface area contributed by atoms with Gasteiger partial charge < -0.3 is 29.0 Å². The van der Waals surface area contributed by atoms with Crippen molar-refractivity contribution < 1.29 is 80.0 Å². The smallest absolute Gasteiger partial charge is 0.417 e. The molecule has 0 atom stereocenters. The lowest BCUT2D eigenvalue weighted by Gasteiger charge is -2.13. The summed E-state index contributed by atoms with van der Waals surface area (Å²) in [6.07, 6.45) is -0.484. The summed E-state index contributed by atoms with van der Waals surface area (Å²) in [5.41, 5.74) is 8.97. The summed E-state index contributed by atoms with van der Waals surface area (Å²) in [5, 5.41) is 12.4. The summed E-state index contributed by atoms with van der Waals surface area (Å²) >= 11 is 0. The van der Waals surface area contributed by atoms with Gasteiger partial charge in [-0.2, -0.15) is 0 Å². The van der Waals surface area contributed by atoms with Gasteiger partial charge >= 0.3 is 30.0 Å². The molecule has 11 aromatic carbocycles. The molecule has 0 saturated carbocycles. The van der Waals surface area contributed by atoms with Crippen LogP contribution >= 0.6 is 0 Å². The molecule has 0 spiro atoms. The van der Waals surface area contributed by atoms with Gasteiger partial charge in [-0.1, -0.05) is 103 Å². The molecular formula is C82H67N5O17S. The van der Waals surface area contributed by atoms with Gasteiger partial charge in [-0.15, -0.1) is 0 Å². The van der Waals surface area contributed by atoms with Gasteiger partial charge in [0.05, 0.1) is 55.1 Å². The number of para-hydroxylation sites is 2. The number of hydrogen-bond donors (Lipinski definition) is 4. The number of rotatable bonds is 13. The summed E-state index contributed by atoms with van der Waals surface area (Å²) < 4.78 is 48.4. The topological polar surface area (TPSA) is 316 Å². The monoisotopic (exact) mass is 1430 g/mol. The molecule has 22 nitrogen and oxygen atoms in total. The molecule has 528 valence electrons. The van der Waals surface area contributed by atoms with E-state index >= 15 is 0 Å². The third kappa shape index (κ3) is 21.6. The number of aryl methyl sites for hydroxylation is 5. The number of benzene rings is 11. The van der Waals surface area contributed by atoms with Crippen LogP contribution in [0.5, 0.6) is 28.7 Å². The van der Waals surface area contributed by atoms with E-state index in [2.05, 4.69) is 16.0 Å². The van der Waals surface area contributed by atoms with E-state index in [0.717, 1.165) is 32.7 Å². The number of nitrogens with two attached hydrogens (primary N) is 1. The molecule has 105 heavy (non-hydrogen) atoms. The fourth-order valence-electron chi connectivity index (χ4n) is 9.91. The van der Waals surface area contributed by atoms with E-state index in [1.165, 1.54) is 67.6 Å². The summed E-state index contributed by atoms with van der Waals surface area (Å²) in [7, 11) is -3.76. The number of esters is 4. The molecule has 23 heteroatoms. The molecule has 0 bridgehead atoms. The SMILES string of the molecule is CC(=O)Nc1ccc(C(=O)Oc2cccc(C)c2)cc1.Cc1ccc(OC(=O)c2ccc3c(c2)C(=O)N(c2ccccc2)C3=O)cc1.Cc1cccc(OC(=O)Nc2ccccc2)c1.Cc1cccc(OC(=O)c2ccc(S(N)(=O)=O)cc2)c1.Cc1cccc(OC(=O)c2ccc3c(c2)C(=O)NC3=O)c1. The van der Waals surface area contributed by atoms with Crippen molar-refractivity contribution >= 4 is 86.6 Å². The predicted molar refractivity (Wildman–Crippen MR) is 393 cm³/mol. The average molecular weight is 1430 g/mol. The number of carbonyl (C=O) groups is 10. The van der Waals surface area contributed by atoms with Crippen LogP contribution in [0.3, 0.4) is 0 Å². The fourth-order valence-corrected chi connectivity index (χ4v) is 10.4. The molecule has 0 unspecified atom stereocenters. The first-order valence-electron chi connectivity index (χ1n) is 32.1. The van der Waals surface area contributed by atoms with Crippen molar-refractivity contribution in [1.29, 1.82) is 0 Å². The highest BCUT2D eigenvalue weighted by atomic mass is 32.2. The first-order valence-corrected chi connectivity index (χ1v) is 33.6. The van der Waals surface area contributed by atoms with E-state index < -0.39 is 63.6 Å². The molecule has 6 amide bonds. The molecule has 11 aromatic rings. The standard InChI is InChI=1S/C22H15NO4.C16H11NO4.C16H15NO3.C14H13NO4S.C14H13NO2/c1-14-7-10-17(11-8-14)27-22(26)15-9-12-18-19(13-15)21(25)23(20(18)24)16-5-3-2-4-6-16;1-9-3-2-4-11(7-9)21-16(20)10-5-6-12-13(8-10)15(19)17-14(12)18;1-11-4-3-5-15(10-11)20-16(19)13-6-8-14(9-7-13)17-12(2)18;1-10-3-2-4-12(9-10)19-14(16)11-5-7-13(8-6-11)20(15,17)18;1-11-6-5-9-13(10-11)17-14(16)15-12-7-3-2-4-8-12/h2-13H,1H3;2-8H,1H3,(H,17,18,19);3-10H,1-2H3,(H,17,18);2-9H,1H3,(H2,15,17,18);2-10H,1H3,(H,15,16). The van der Waals surface area contributed by atoms with Crippen molar-refractivity contribution in [2.24, 2.45) is 5.14 Å². The Morgan fingerprint density at radius 3 is 1.19 bits per heavy atom. The van der Waals surface area contributed by atoms with Crippen LogP contribution in [0.2, 0.25) is 0 Å². The molecular weight excluding hydrogens is 1360 g/mol. The fraction of sp³-hybridized carbons (Fsp3) is 0.0732. The van der Waals surface area contributed by atoms with E-state index in [4.69, 9.17) is 28.8 Å². The van der Waals surface area contributed by atoms with Crippen LogP contribution in [0.15, 0.2) is 272 Å².